The molecule has 2 aromatic rings. The maximum Gasteiger partial charge on any atom is 0.332 e. The number of nitrogens with one attached hydrogen (secondary N) is 1. The fourth-order valence-corrected chi connectivity index (χ4v) is 3.04. The number of ether oxygens (including phenoxy) is 1. The summed E-state index contributed by atoms with van der Waals surface area (Å²) in [5.74, 6) is -2.83. The van der Waals surface area contributed by atoms with Crippen LogP contribution in [0.5, 0.6) is 0 Å². The predicted molar refractivity (Wildman–Crippen MR) is 119 cm³/mol. The summed E-state index contributed by atoms with van der Waals surface area (Å²) in [4.78, 5) is 62.0. The number of nitrogen functional groups attached to an aromatic ring is 1. The van der Waals surface area contributed by atoms with E-state index in [1.165, 1.54) is 26.2 Å². The van der Waals surface area contributed by atoms with E-state index in [1.54, 1.807) is 19.1 Å². The van der Waals surface area contributed by atoms with Gasteiger partial charge in [0, 0.05) is 24.7 Å². The summed E-state index contributed by atoms with van der Waals surface area (Å²) in [5.41, 5.74) is 4.02. The van der Waals surface area contributed by atoms with Crippen LogP contribution in [0.1, 0.15) is 41.0 Å². The van der Waals surface area contributed by atoms with Gasteiger partial charge in [0.2, 0.25) is 5.78 Å². The second-order valence-corrected chi connectivity index (χ2v) is 7.78. The van der Waals surface area contributed by atoms with E-state index in [0.29, 0.717) is 17.0 Å². The molecule has 11 heteroatoms. The first-order valence-electron chi connectivity index (χ1n) is 9.81. The van der Waals surface area contributed by atoms with E-state index in [4.69, 9.17) is 22.1 Å². The molecule has 3 N–H and O–H groups in total. The third kappa shape index (κ3) is 5.25. The Hall–Kier alpha value is -3.40. The lowest BCUT2D eigenvalue weighted by Gasteiger charge is -2.22. The highest BCUT2D eigenvalue weighted by atomic mass is 35.5. The van der Waals surface area contributed by atoms with Crippen LogP contribution in [0.4, 0.5) is 5.82 Å². The highest BCUT2D eigenvalue weighted by Crippen LogP contribution is 2.14. The van der Waals surface area contributed by atoms with Gasteiger partial charge in [0.05, 0.1) is 0 Å². The second-order valence-electron chi connectivity index (χ2n) is 7.34. The van der Waals surface area contributed by atoms with Crippen LogP contribution in [0.3, 0.4) is 0 Å². The van der Waals surface area contributed by atoms with Crippen molar-refractivity contribution in [2.24, 2.45) is 20.0 Å². The molecule has 10 nitrogen and oxygen atoms in total. The molecule has 2 rings (SSSR count). The Morgan fingerprint density at radius 3 is 2.28 bits per heavy atom. The zero-order valence-electron chi connectivity index (χ0n) is 18.2. The summed E-state index contributed by atoms with van der Waals surface area (Å²) in [6.07, 6.45) is 0.545. The Kier molecular flexibility index (Phi) is 7.98. The molecule has 1 aromatic heterocycles. The molecule has 1 aromatic carbocycles. The number of halogens is 1. The van der Waals surface area contributed by atoms with Crippen LogP contribution in [-0.2, 0) is 23.6 Å². The van der Waals surface area contributed by atoms with Crippen LogP contribution in [0.2, 0.25) is 5.02 Å². The Bertz CT molecular complexity index is 1150. The molecular weight excluding hydrogens is 440 g/mol. The Morgan fingerprint density at radius 1 is 1.12 bits per heavy atom. The molecule has 2 atom stereocenters. The van der Waals surface area contributed by atoms with Gasteiger partial charge in [0.15, 0.2) is 6.61 Å². The normalized spacial score (nSPS) is 12.7. The highest BCUT2D eigenvalue weighted by molar-refractivity contribution is 6.30. The van der Waals surface area contributed by atoms with Gasteiger partial charge in [-0.1, -0.05) is 31.9 Å². The molecule has 172 valence electrons. The number of esters is 1. The lowest BCUT2D eigenvalue weighted by Crippen LogP contribution is -2.46. The van der Waals surface area contributed by atoms with E-state index >= 15 is 0 Å². The standard InChI is InChI=1S/C21H25ClN4O6/c1-5-11(2)16(24-18(28)12-6-8-13(22)9-7-12)20(30)32-10-14(27)15-17(23)25(3)21(31)26(4)19(15)29/h6-9,11,16H,5,10,23H2,1-4H3,(H,24,28)/t11-,16-/m0/s1. The topological polar surface area (TPSA) is 142 Å². The van der Waals surface area contributed by atoms with Crippen LogP contribution in [0.25, 0.3) is 0 Å². The molecule has 0 aliphatic rings. The van der Waals surface area contributed by atoms with Crippen molar-refractivity contribution in [3.63, 3.8) is 0 Å². The smallest absolute Gasteiger partial charge is 0.332 e. The van der Waals surface area contributed by atoms with E-state index in [9.17, 15) is 24.0 Å². The molecule has 0 fully saturated rings. The van der Waals surface area contributed by atoms with Gasteiger partial charge in [0.1, 0.15) is 17.4 Å². The first-order chi connectivity index (χ1) is 15.0. The maximum atomic E-state index is 12.7. The molecule has 0 bridgehead atoms. The summed E-state index contributed by atoms with van der Waals surface area (Å²) in [7, 11) is 2.52. The van der Waals surface area contributed by atoms with Crippen LogP contribution >= 0.6 is 11.6 Å². The van der Waals surface area contributed by atoms with Crippen molar-refractivity contribution in [3.8, 4) is 0 Å². The number of ketones is 1. The number of hydrogen-bond donors (Lipinski definition) is 2. The first kappa shape index (κ1) is 24.9. The average molecular weight is 465 g/mol. The molecular formula is C21H25ClN4O6. The predicted octanol–water partition coefficient (Wildman–Crippen LogP) is 0.890. The number of benzene rings is 1. The summed E-state index contributed by atoms with van der Waals surface area (Å²) in [6.45, 7) is 2.80. The molecule has 0 radical (unpaired) electrons. The number of amides is 1. The van der Waals surface area contributed by atoms with E-state index in [2.05, 4.69) is 5.32 Å². The number of hydrogen-bond acceptors (Lipinski definition) is 7. The molecule has 0 saturated heterocycles. The van der Waals surface area contributed by atoms with Gasteiger partial charge in [-0.05, 0) is 30.2 Å². The number of rotatable bonds is 8. The fourth-order valence-electron chi connectivity index (χ4n) is 2.92. The number of aromatic nitrogens is 2. The minimum absolute atomic E-state index is 0.299. The van der Waals surface area contributed by atoms with Crippen molar-refractivity contribution in [2.75, 3.05) is 12.3 Å². The van der Waals surface area contributed by atoms with Crippen LogP contribution in [0, 0.1) is 5.92 Å². The van der Waals surface area contributed by atoms with Gasteiger partial charge in [-0.25, -0.2) is 9.59 Å². The molecule has 0 saturated carbocycles. The van der Waals surface area contributed by atoms with Gasteiger partial charge in [-0.3, -0.25) is 23.5 Å². The first-order valence-corrected chi connectivity index (χ1v) is 10.2. The van der Waals surface area contributed by atoms with E-state index in [1.807, 2.05) is 6.92 Å². The maximum absolute atomic E-state index is 12.7. The van der Waals surface area contributed by atoms with Crippen molar-refractivity contribution in [3.05, 3.63) is 61.3 Å². The minimum Gasteiger partial charge on any atom is -0.456 e. The van der Waals surface area contributed by atoms with Gasteiger partial charge in [-0.15, -0.1) is 0 Å². The number of anilines is 1. The molecule has 1 amide bonds. The number of carbonyl (C=O) groups excluding carboxylic acids is 3. The van der Waals surface area contributed by atoms with Crippen molar-refractivity contribution < 1.29 is 19.1 Å². The van der Waals surface area contributed by atoms with Crippen LogP contribution in [-0.4, -0.2) is 39.4 Å². The van der Waals surface area contributed by atoms with Gasteiger partial charge in [-0.2, -0.15) is 0 Å². The fraction of sp³-hybridized carbons (Fsp3) is 0.381. The lowest BCUT2D eigenvalue weighted by molar-refractivity contribution is -0.146. The molecule has 0 aliphatic carbocycles. The number of carbonyl (C=O) groups is 3. The Balaban J connectivity index is 2.18. The number of Topliss-reactive ketones (excluding diaryl/α,β-unsaturated/α-hetero) is 1. The molecule has 32 heavy (non-hydrogen) atoms. The van der Waals surface area contributed by atoms with Crippen molar-refractivity contribution >= 4 is 35.1 Å². The monoisotopic (exact) mass is 464 g/mol. The minimum atomic E-state index is -1.03. The van der Waals surface area contributed by atoms with Gasteiger partial charge < -0.3 is 15.8 Å². The number of nitrogens with two attached hydrogens (primary N) is 1. The largest absolute Gasteiger partial charge is 0.456 e. The third-order valence-electron chi connectivity index (χ3n) is 5.19. The molecule has 0 aliphatic heterocycles. The average Bonchev–Trinajstić information content (AvgIpc) is 2.78. The highest BCUT2D eigenvalue weighted by Gasteiger charge is 2.29. The van der Waals surface area contributed by atoms with Crippen LogP contribution in [0.15, 0.2) is 33.9 Å². The summed E-state index contributed by atoms with van der Waals surface area (Å²) in [5, 5.41) is 3.07. The van der Waals surface area contributed by atoms with Crippen molar-refractivity contribution in [1.29, 1.82) is 0 Å². The summed E-state index contributed by atoms with van der Waals surface area (Å²) >= 11 is 5.83. The number of nitrogens with zero attached hydrogens (tertiary/aromatic N) is 2. The Morgan fingerprint density at radius 2 is 1.72 bits per heavy atom. The summed E-state index contributed by atoms with van der Waals surface area (Å²) < 4.78 is 6.79. The van der Waals surface area contributed by atoms with E-state index in [-0.39, 0.29) is 11.7 Å². The zero-order chi connectivity index (χ0) is 24.2. The summed E-state index contributed by atoms with van der Waals surface area (Å²) in [6, 6.07) is 5.08. The quantitative estimate of drug-likeness (QED) is 0.436. The molecule has 1 heterocycles. The molecule has 0 spiro atoms. The van der Waals surface area contributed by atoms with E-state index < -0.39 is 47.1 Å². The SMILES string of the molecule is CC[C@H](C)[C@H](NC(=O)c1ccc(Cl)cc1)C(=O)OCC(=O)c1c(N)n(C)c(=O)n(C)c1=O. The Labute approximate surface area is 188 Å². The lowest BCUT2D eigenvalue weighted by atomic mass is 9.98. The van der Waals surface area contributed by atoms with Gasteiger partial charge >= 0.3 is 11.7 Å². The second kappa shape index (κ2) is 10.3. The van der Waals surface area contributed by atoms with E-state index in [0.717, 1.165) is 9.13 Å². The van der Waals surface area contributed by atoms with Crippen molar-refractivity contribution in [2.45, 2.75) is 26.3 Å². The zero-order valence-corrected chi connectivity index (χ0v) is 18.9. The van der Waals surface area contributed by atoms with Crippen LogP contribution < -0.4 is 22.3 Å². The van der Waals surface area contributed by atoms with Crippen molar-refractivity contribution in [1.82, 2.24) is 14.5 Å². The van der Waals surface area contributed by atoms with Gasteiger partial charge in [0.25, 0.3) is 11.5 Å². The third-order valence-corrected chi connectivity index (χ3v) is 5.45. The molecule has 0 unspecified atom stereocenters.